The molecule has 0 spiro atoms. The van der Waals surface area contributed by atoms with E-state index in [1.807, 2.05) is 0 Å². The number of rotatable bonds is 4. The van der Waals surface area contributed by atoms with E-state index in [9.17, 15) is 9.18 Å². The van der Waals surface area contributed by atoms with Crippen molar-refractivity contribution in [1.29, 1.82) is 0 Å². The number of allylic oxidation sites excluding steroid dienone is 2. The largest absolute Gasteiger partial charge is 0.337 e. The van der Waals surface area contributed by atoms with Crippen molar-refractivity contribution < 1.29 is 8.91 Å². The molecule has 1 fully saturated rings. The summed E-state index contributed by atoms with van der Waals surface area (Å²) in [5, 5.41) is 4.13. The molecule has 30 heavy (non-hydrogen) atoms. The molecule has 0 unspecified atom stereocenters. The van der Waals surface area contributed by atoms with Crippen molar-refractivity contribution in [3.63, 3.8) is 0 Å². The Morgan fingerprint density at radius 2 is 2.10 bits per heavy atom. The van der Waals surface area contributed by atoms with E-state index in [1.165, 1.54) is 23.2 Å². The molecule has 0 saturated heterocycles. The van der Waals surface area contributed by atoms with Crippen LogP contribution in [0.4, 0.5) is 4.39 Å². The van der Waals surface area contributed by atoms with E-state index in [0.717, 1.165) is 17.7 Å². The number of aromatic nitrogens is 7. The topological polar surface area (TPSA) is 105 Å². The third-order valence-electron chi connectivity index (χ3n) is 5.92. The SMILES string of the molecule is Cn1cnc2ncn(Cc3nc([C@@H]4[C@H]5C=C(c6ccc(F)cn6)C[C@H]54)no3)c(=O)c21. The molecular formula is C20H16FN7O2. The molecule has 0 bridgehead atoms. The molecule has 0 aliphatic heterocycles. The Bertz CT molecular complexity index is 1370. The lowest BCUT2D eigenvalue weighted by molar-refractivity contribution is 0.364. The highest BCUT2D eigenvalue weighted by atomic mass is 19.1. The Morgan fingerprint density at radius 3 is 2.87 bits per heavy atom. The molecule has 4 aromatic rings. The minimum Gasteiger partial charge on any atom is -0.337 e. The fourth-order valence-electron chi connectivity index (χ4n) is 4.36. The van der Waals surface area contributed by atoms with E-state index in [2.05, 4.69) is 31.2 Å². The molecular weight excluding hydrogens is 389 g/mol. The average molecular weight is 405 g/mol. The molecule has 2 aliphatic rings. The highest BCUT2D eigenvalue weighted by Gasteiger charge is 2.55. The van der Waals surface area contributed by atoms with Gasteiger partial charge < -0.3 is 9.09 Å². The lowest BCUT2D eigenvalue weighted by Crippen LogP contribution is -2.22. The summed E-state index contributed by atoms with van der Waals surface area (Å²) in [6.07, 6.45) is 7.28. The fraction of sp³-hybridized carbons (Fsp3) is 0.300. The summed E-state index contributed by atoms with van der Waals surface area (Å²) in [5.41, 5.74) is 2.58. The van der Waals surface area contributed by atoms with Gasteiger partial charge in [-0.3, -0.25) is 14.3 Å². The Hall–Kier alpha value is -3.69. The summed E-state index contributed by atoms with van der Waals surface area (Å²) in [5.74, 6) is 1.65. The predicted octanol–water partition coefficient (Wildman–Crippen LogP) is 1.91. The molecule has 6 rings (SSSR count). The fourth-order valence-corrected chi connectivity index (χ4v) is 4.36. The molecule has 4 heterocycles. The number of halogens is 1. The standard InChI is InChI=1S/C20H16FN7O2/c1-27-8-23-19-17(27)20(29)28(9-24-19)7-15-25-18(26-30-15)16-12-4-10(5-13(12)16)14-3-2-11(21)6-22-14/h2-4,6,8-9,12-13,16H,5,7H2,1H3/t12-,13+,16+/m0/s1. The highest BCUT2D eigenvalue weighted by Crippen LogP contribution is 2.62. The van der Waals surface area contributed by atoms with Crippen LogP contribution in [0.15, 0.2) is 46.4 Å². The predicted molar refractivity (Wildman–Crippen MR) is 103 cm³/mol. The minimum atomic E-state index is -0.337. The third-order valence-corrected chi connectivity index (χ3v) is 5.92. The van der Waals surface area contributed by atoms with Crippen LogP contribution in [0.5, 0.6) is 0 Å². The molecule has 0 amide bonds. The summed E-state index contributed by atoms with van der Waals surface area (Å²) in [6.45, 7) is 0.155. The van der Waals surface area contributed by atoms with Crippen LogP contribution in [0, 0.1) is 17.7 Å². The molecule has 1 saturated carbocycles. The number of aryl methyl sites for hydroxylation is 1. The van der Waals surface area contributed by atoms with Crippen molar-refractivity contribution >= 4 is 16.7 Å². The number of nitrogens with zero attached hydrogens (tertiary/aromatic N) is 7. The Labute approximate surface area is 168 Å². The zero-order valence-electron chi connectivity index (χ0n) is 15.9. The maximum absolute atomic E-state index is 13.1. The van der Waals surface area contributed by atoms with Gasteiger partial charge >= 0.3 is 0 Å². The number of hydrogen-bond donors (Lipinski definition) is 0. The summed E-state index contributed by atoms with van der Waals surface area (Å²) < 4.78 is 21.5. The quantitative estimate of drug-likeness (QED) is 0.511. The van der Waals surface area contributed by atoms with E-state index in [1.54, 1.807) is 24.0 Å². The van der Waals surface area contributed by atoms with E-state index in [0.29, 0.717) is 34.7 Å². The molecule has 4 aromatic heterocycles. The second kappa shape index (κ2) is 6.15. The molecule has 0 aromatic carbocycles. The van der Waals surface area contributed by atoms with Crippen molar-refractivity contribution in [3.05, 3.63) is 70.6 Å². The second-order valence-corrected chi connectivity index (χ2v) is 7.78. The summed E-state index contributed by atoms with van der Waals surface area (Å²) in [7, 11) is 1.75. The smallest absolute Gasteiger partial charge is 0.280 e. The van der Waals surface area contributed by atoms with Gasteiger partial charge in [0.15, 0.2) is 17.0 Å². The number of imidazole rings is 1. The van der Waals surface area contributed by atoms with Gasteiger partial charge in [0.2, 0.25) is 5.89 Å². The molecule has 150 valence electrons. The van der Waals surface area contributed by atoms with Crippen LogP contribution < -0.4 is 5.56 Å². The molecule has 0 N–H and O–H groups in total. The van der Waals surface area contributed by atoms with Crippen LogP contribution >= 0.6 is 0 Å². The van der Waals surface area contributed by atoms with Gasteiger partial charge in [0.05, 0.1) is 18.2 Å². The normalized spacial score (nSPS) is 22.3. The van der Waals surface area contributed by atoms with Gasteiger partial charge in [-0.2, -0.15) is 4.98 Å². The monoisotopic (exact) mass is 405 g/mol. The molecule has 3 atom stereocenters. The summed E-state index contributed by atoms with van der Waals surface area (Å²) in [6, 6.07) is 3.13. The van der Waals surface area contributed by atoms with Gasteiger partial charge in [-0.25, -0.2) is 14.4 Å². The number of fused-ring (bicyclic) bond motifs is 2. The van der Waals surface area contributed by atoms with Crippen LogP contribution in [-0.4, -0.2) is 34.2 Å². The van der Waals surface area contributed by atoms with Crippen LogP contribution in [-0.2, 0) is 13.6 Å². The first-order chi connectivity index (χ1) is 14.6. The van der Waals surface area contributed by atoms with Crippen LogP contribution in [0.25, 0.3) is 16.7 Å². The maximum Gasteiger partial charge on any atom is 0.280 e. The average Bonchev–Trinajstić information content (AvgIpc) is 3.16. The first-order valence-corrected chi connectivity index (χ1v) is 9.60. The number of pyridine rings is 1. The Balaban J connectivity index is 1.20. The van der Waals surface area contributed by atoms with Gasteiger partial charge in [0, 0.05) is 13.0 Å². The van der Waals surface area contributed by atoms with Gasteiger partial charge in [0.25, 0.3) is 5.56 Å². The van der Waals surface area contributed by atoms with E-state index in [-0.39, 0.29) is 23.8 Å². The van der Waals surface area contributed by atoms with Gasteiger partial charge in [0.1, 0.15) is 18.7 Å². The van der Waals surface area contributed by atoms with E-state index < -0.39 is 0 Å². The summed E-state index contributed by atoms with van der Waals surface area (Å²) in [4.78, 5) is 29.6. The third kappa shape index (κ3) is 2.60. The zero-order chi connectivity index (χ0) is 20.4. The van der Waals surface area contributed by atoms with Crippen molar-refractivity contribution in [2.45, 2.75) is 18.9 Å². The van der Waals surface area contributed by atoms with Crippen molar-refractivity contribution in [2.75, 3.05) is 0 Å². The van der Waals surface area contributed by atoms with Crippen LogP contribution in [0.3, 0.4) is 0 Å². The van der Waals surface area contributed by atoms with Gasteiger partial charge in [-0.1, -0.05) is 11.2 Å². The zero-order valence-corrected chi connectivity index (χ0v) is 15.9. The Morgan fingerprint density at radius 1 is 1.23 bits per heavy atom. The molecule has 10 heteroatoms. The molecule has 0 radical (unpaired) electrons. The van der Waals surface area contributed by atoms with Crippen molar-refractivity contribution in [1.82, 2.24) is 34.2 Å². The highest BCUT2D eigenvalue weighted by molar-refractivity contribution is 5.69. The van der Waals surface area contributed by atoms with Gasteiger partial charge in [-0.15, -0.1) is 0 Å². The first-order valence-electron chi connectivity index (χ1n) is 9.60. The van der Waals surface area contributed by atoms with E-state index in [4.69, 9.17) is 4.52 Å². The molecule has 9 nitrogen and oxygen atoms in total. The lowest BCUT2D eigenvalue weighted by Gasteiger charge is -2.04. The van der Waals surface area contributed by atoms with Gasteiger partial charge in [-0.05, 0) is 36.0 Å². The number of hydrogen-bond acceptors (Lipinski definition) is 7. The van der Waals surface area contributed by atoms with Crippen LogP contribution in [0.1, 0.15) is 29.7 Å². The van der Waals surface area contributed by atoms with Crippen LogP contribution in [0.2, 0.25) is 0 Å². The summed E-state index contributed by atoms with van der Waals surface area (Å²) >= 11 is 0. The van der Waals surface area contributed by atoms with E-state index >= 15 is 0 Å². The second-order valence-electron chi connectivity index (χ2n) is 7.78. The van der Waals surface area contributed by atoms with Crippen molar-refractivity contribution in [3.8, 4) is 0 Å². The maximum atomic E-state index is 13.1. The minimum absolute atomic E-state index is 0.155. The first kappa shape index (κ1) is 17.2. The Kier molecular flexibility index (Phi) is 3.53. The lowest BCUT2D eigenvalue weighted by atomic mass is 10.1. The van der Waals surface area contributed by atoms with Crippen molar-refractivity contribution in [2.24, 2.45) is 18.9 Å². The molecule has 2 aliphatic carbocycles.